The molecule has 2 aromatic rings. The number of carbonyl (C=O) groups is 1. The van der Waals surface area contributed by atoms with E-state index in [-0.39, 0.29) is 24.6 Å². The van der Waals surface area contributed by atoms with Crippen LogP contribution in [0, 0.1) is 5.82 Å². The van der Waals surface area contributed by atoms with Gasteiger partial charge in [-0.05, 0) is 42.3 Å². The van der Waals surface area contributed by atoms with Crippen LogP contribution in [0.1, 0.15) is 12.0 Å². The van der Waals surface area contributed by atoms with Crippen molar-refractivity contribution in [2.75, 3.05) is 23.7 Å². The van der Waals surface area contributed by atoms with Gasteiger partial charge in [-0.2, -0.15) is 0 Å². The number of hydrogen-bond acceptors (Lipinski definition) is 3. The molecular weight excluding hydrogens is 379 g/mol. The summed E-state index contributed by atoms with van der Waals surface area (Å²) in [5.41, 5.74) is 1.23. The molecule has 0 fully saturated rings. The van der Waals surface area contributed by atoms with Crippen LogP contribution in [0.4, 0.5) is 10.1 Å². The third-order valence-corrected chi connectivity index (χ3v) is 5.13. The Kier molecular flexibility index (Phi) is 6.99. The van der Waals surface area contributed by atoms with Gasteiger partial charge in [-0.3, -0.25) is 9.10 Å². The Balaban J connectivity index is 1.88. The van der Waals surface area contributed by atoms with E-state index < -0.39 is 15.8 Å². The van der Waals surface area contributed by atoms with Crippen molar-refractivity contribution in [3.8, 4) is 0 Å². The summed E-state index contributed by atoms with van der Waals surface area (Å²) in [5, 5.41) is 3.40. The first-order chi connectivity index (χ1) is 12.3. The van der Waals surface area contributed by atoms with Gasteiger partial charge in [0, 0.05) is 24.5 Å². The molecule has 0 aliphatic rings. The van der Waals surface area contributed by atoms with Gasteiger partial charge in [0.15, 0.2) is 0 Å². The number of amides is 1. The predicted molar refractivity (Wildman–Crippen MR) is 101 cm³/mol. The minimum atomic E-state index is -3.62. The average Bonchev–Trinajstić information content (AvgIpc) is 2.56. The molecule has 2 rings (SSSR count). The van der Waals surface area contributed by atoms with E-state index >= 15 is 0 Å². The second kappa shape index (κ2) is 9.00. The fourth-order valence-corrected chi connectivity index (χ4v) is 3.45. The second-order valence-corrected chi connectivity index (χ2v) is 8.13. The van der Waals surface area contributed by atoms with E-state index in [1.807, 2.05) is 12.1 Å². The molecule has 2 aromatic carbocycles. The molecule has 0 spiro atoms. The zero-order valence-corrected chi connectivity index (χ0v) is 15.9. The van der Waals surface area contributed by atoms with Crippen LogP contribution in [0.2, 0.25) is 5.02 Å². The smallest absolute Gasteiger partial charge is 0.232 e. The topological polar surface area (TPSA) is 66.5 Å². The summed E-state index contributed by atoms with van der Waals surface area (Å²) in [4.78, 5) is 12.0. The summed E-state index contributed by atoms with van der Waals surface area (Å²) >= 11 is 5.82. The molecule has 0 aliphatic heterocycles. The van der Waals surface area contributed by atoms with Crippen molar-refractivity contribution >= 4 is 33.2 Å². The SMILES string of the molecule is CS(=O)(=O)N(CCC(=O)NCCc1ccc(Cl)cc1)c1cccc(F)c1. The minimum Gasteiger partial charge on any atom is -0.356 e. The van der Waals surface area contributed by atoms with Crippen LogP contribution in [-0.2, 0) is 21.2 Å². The molecule has 0 aliphatic carbocycles. The van der Waals surface area contributed by atoms with Crippen molar-refractivity contribution in [3.05, 3.63) is 64.9 Å². The summed E-state index contributed by atoms with van der Waals surface area (Å²) in [6.45, 7) is 0.369. The van der Waals surface area contributed by atoms with Gasteiger partial charge in [0.25, 0.3) is 0 Å². The van der Waals surface area contributed by atoms with Crippen LogP contribution >= 0.6 is 11.6 Å². The maximum atomic E-state index is 13.4. The molecule has 0 heterocycles. The highest BCUT2D eigenvalue weighted by Crippen LogP contribution is 2.18. The molecule has 0 unspecified atom stereocenters. The van der Waals surface area contributed by atoms with E-state index in [0.717, 1.165) is 22.2 Å². The highest BCUT2D eigenvalue weighted by Gasteiger charge is 2.19. The predicted octanol–water partition coefficient (Wildman–Crippen LogP) is 2.99. The zero-order valence-electron chi connectivity index (χ0n) is 14.3. The van der Waals surface area contributed by atoms with Gasteiger partial charge in [-0.25, -0.2) is 12.8 Å². The standard InChI is InChI=1S/C18H20ClFN2O3S/c1-26(24,25)22(17-4-2-3-16(20)13-17)12-10-18(23)21-11-9-14-5-7-15(19)8-6-14/h2-8,13H,9-12H2,1H3,(H,21,23). The first kappa shape index (κ1) is 20.2. The molecule has 0 bridgehead atoms. The van der Waals surface area contributed by atoms with Crippen LogP contribution < -0.4 is 9.62 Å². The Morgan fingerprint density at radius 3 is 2.50 bits per heavy atom. The van der Waals surface area contributed by atoms with Gasteiger partial charge < -0.3 is 5.32 Å². The van der Waals surface area contributed by atoms with Crippen LogP contribution in [0.5, 0.6) is 0 Å². The van der Waals surface area contributed by atoms with Crippen LogP contribution in [-0.4, -0.2) is 33.7 Å². The van der Waals surface area contributed by atoms with Gasteiger partial charge in [-0.15, -0.1) is 0 Å². The lowest BCUT2D eigenvalue weighted by Crippen LogP contribution is -2.35. The quantitative estimate of drug-likeness (QED) is 0.743. The van der Waals surface area contributed by atoms with Crippen molar-refractivity contribution in [2.24, 2.45) is 0 Å². The van der Waals surface area contributed by atoms with Crippen molar-refractivity contribution in [1.29, 1.82) is 0 Å². The van der Waals surface area contributed by atoms with Gasteiger partial charge >= 0.3 is 0 Å². The third-order valence-electron chi connectivity index (χ3n) is 3.69. The van der Waals surface area contributed by atoms with E-state index in [0.29, 0.717) is 18.0 Å². The molecule has 0 saturated carbocycles. The van der Waals surface area contributed by atoms with Gasteiger partial charge in [0.2, 0.25) is 15.9 Å². The number of halogens is 2. The number of carbonyl (C=O) groups excluding carboxylic acids is 1. The number of benzene rings is 2. The zero-order chi connectivity index (χ0) is 19.2. The first-order valence-electron chi connectivity index (χ1n) is 8.00. The Labute approximate surface area is 157 Å². The Morgan fingerprint density at radius 2 is 1.88 bits per heavy atom. The van der Waals surface area contributed by atoms with Gasteiger partial charge in [0.1, 0.15) is 5.82 Å². The molecule has 26 heavy (non-hydrogen) atoms. The van der Waals surface area contributed by atoms with Crippen molar-refractivity contribution in [1.82, 2.24) is 5.32 Å². The lowest BCUT2D eigenvalue weighted by atomic mass is 10.1. The second-order valence-electron chi connectivity index (χ2n) is 5.79. The van der Waals surface area contributed by atoms with Gasteiger partial charge in [-0.1, -0.05) is 29.8 Å². The maximum Gasteiger partial charge on any atom is 0.232 e. The van der Waals surface area contributed by atoms with Crippen molar-refractivity contribution < 1.29 is 17.6 Å². The number of sulfonamides is 1. The Morgan fingerprint density at radius 1 is 1.19 bits per heavy atom. The summed E-state index contributed by atoms with van der Waals surface area (Å²) in [6.07, 6.45) is 1.64. The highest BCUT2D eigenvalue weighted by molar-refractivity contribution is 7.92. The fourth-order valence-electron chi connectivity index (χ4n) is 2.41. The Bertz CT molecular complexity index is 857. The van der Waals surface area contributed by atoms with Crippen molar-refractivity contribution in [3.63, 3.8) is 0 Å². The summed E-state index contributed by atoms with van der Waals surface area (Å²) in [6, 6.07) is 12.6. The van der Waals surface area contributed by atoms with Crippen LogP contribution in [0.25, 0.3) is 0 Å². The number of rotatable bonds is 8. The Hall–Kier alpha value is -2.12. The molecule has 1 amide bonds. The first-order valence-corrected chi connectivity index (χ1v) is 10.2. The molecule has 0 atom stereocenters. The van der Waals surface area contributed by atoms with Gasteiger partial charge in [0.05, 0.1) is 11.9 Å². The lowest BCUT2D eigenvalue weighted by molar-refractivity contribution is -0.120. The minimum absolute atomic E-state index is 0.0236. The normalized spacial score (nSPS) is 11.2. The van der Waals surface area contributed by atoms with Crippen molar-refractivity contribution in [2.45, 2.75) is 12.8 Å². The van der Waals surface area contributed by atoms with E-state index in [1.165, 1.54) is 18.2 Å². The number of anilines is 1. The molecule has 140 valence electrons. The highest BCUT2D eigenvalue weighted by atomic mass is 35.5. The third kappa shape index (κ3) is 6.31. The number of hydrogen-bond donors (Lipinski definition) is 1. The van der Waals surface area contributed by atoms with E-state index in [2.05, 4.69) is 5.32 Å². The lowest BCUT2D eigenvalue weighted by Gasteiger charge is -2.22. The van der Waals surface area contributed by atoms with Crippen LogP contribution in [0.3, 0.4) is 0 Å². The van der Waals surface area contributed by atoms with Crippen LogP contribution in [0.15, 0.2) is 48.5 Å². The van der Waals surface area contributed by atoms with E-state index in [4.69, 9.17) is 11.6 Å². The molecule has 8 heteroatoms. The monoisotopic (exact) mass is 398 g/mol. The molecule has 1 N–H and O–H groups in total. The van der Waals surface area contributed by atoms with E-state index in [1.54, 1.807) is 12.1 Å². The summed E-state index contributed by atoms with van der Waals surface area (Å²) in [5.74, 6) is -0.812. The molecular formula is C18H20ClFN2O3S. The summed E-state index contributed by atoms with van der Waals surface area (Å²) < 4.78 is 38.3. The number of nitrogens with one attached hydrogen (secondary N) is 1. The average molecular weight is 399 g/mol. The molecule has 0 radical (unpaired) electrons. The maximum absolute atomic E-state index is 13.4. The summed E-state index contributed by atoms with van der Waals surface area (Å²) in [7, 11) is -3.62. The largest absolute Gasteiger partial charge is 0.356 e. The molecule has 5 nitrogen and oxygen atoms in total. The molecule has 0 saturated heterocycles. The molecule has 0 aromatic heterocycles. The van der Waals surface area contributed by atoms with E-state index in [9.17, 15) is 17.6 Å². The fraction of sp³-hybridized carbons (Fsp3) is 0.278. The number of nitrogens with zero attached hydrogens (tertiary/aromatic N) is 1.